The van der Waals surface area contributed by atoms with Crippen LogP contribution in [0.4, 0.5) is 17.1 Å². The molecule has 0 aromatic heterocycles. The van der Waals surface area contributed by atoms with Gasteiger partial charge in [0.25, 0.3) is 0 Å². The van der Waals surface area contributed by atoms with E-state index in [0.29, 0.717) is 28.9 Å². The molecule has 36 heavy (non-hydrogen) atoms. The highest BCUT2D eigenvalue weighted by Crippen LogP contribution is 2.35. The van der Waals surface area contributed by atoms with Gasteiger partial charge in [0.15, 0.2) is 16.1 Å². The van der Waals surface area contributed by atoms with Crippen molar-refractivity contribution in [2.45, 2.75) is 37.6 Å². The molecule has 0 heterocycles. The molecule has 1 aliphatic carbocycles. The minimum absolute atomic E-state index is 0.113. The predicted molar refractivity (Wildman–Crippen MR) is 141 cm³/mol. The largest absolute Gasteiger partial charge is 0.496 e. The molecule has 0 unspecified atom stereocenters. The summed E-state index contributed by atoms with van der Waals surface area (Å²) in [4.78, 5) is 26.3. The first-order chi connectivity index (χ1) is 17.2. The number of anilines is 3. The lowest BCUT2D eigenvalue weighted by molar-refractivity contribution is -0.115. The van der Waals surface area contributed by atoms with Gasteiger partial charge < -0.3 is 10.1 Å². The van der Waals surface area contributed by atoms with E-state index in [9.17, 15) is 18.0 Å². The Morgan fingerprint density at radius 3 is 2.42 bits per heavy atom. The van der Waals surface area contributed by atoms with Crippen LogP contribution < -0.4 is 15.0 Å². The number of nitrogens with one attached hydrogen (secondary N) is 1. The summed E-state index contributed by atoms with van der Waals surface area (Å²) in [7, 11) is -1.75. The number of hydrogen-bond acceptors (Lipinski definition) is 6. The van der Waals surface area contributed by atoms with Gasteiger partial charge in [-0.25, -0.2) is 8.42 Å². The van der Waals surface area contributed by atoms with Crippen molar-refractivity contribution in [2.75, 3.05) is 23.1 Å². The Kier molecular flexibility index (Phi) is 7.45. The van der Waals surface area contributed by atoms with Crippen molar-refractivity contribution in [3.63, 3.8) is 0 Å². The molecule has 3 aromatic carbocycles. The van der Waals surface area contributed by atoms with Crippen molar-refractivity contribution in [1.82, 2.24) is 0 Å². The van der Waals surface area contributed by atoms with E-state index in [1.807, 2.05) is 31.2 Å². The van der Waals surface area contributed by atoms with E-state index in [1.165, 1.54) is 24.0 Å². The Hall–Kier alpha value is -3.65. The minimum Gasteiger partial charge on any atom is -0.496 e. The standard InChI is InChI=1S/C28H30N2O5S/c1-19(26-6-4-5-7-28(26)35-3)29-23-11-10-22(17-31)27(16-23)30(20(2)32)24-12-14-25(15-13-24)36(33,34)18-21-8-9-21/h4-7,10-17,19,21,29H,8-9,18H2,1-3H3/t19-/m0/s1. The first kappa shape index (κ1) is 25.4. The van der Waals surface area contributed by atoms with Crippen LogP contribution >= 0.6 is 0 Å². The topological polar surface area (TPSA) is 92.8 Å². The monoisotopic (exact) mass is 506 g/mol. The summed E-state index contributed by atoms with van der Waals surface area (Å²) in [6, 6.07) is 19.0. The number of sulfone groups is 1. The van der Waals surface area contributed by atoms with Crippen molar-refractivity contribution < 1.29 is 22.7 Å². The van der Waals surface area contributed by atoms with E-state index in [1.54, 1.807) is 37.4 Å². The third-order valence-electron chi connectivity index (χ3n) is 6.31. The number of hydrogen-bond donors (Lipinski definition) is 1. The lowest BCUT2D eigenvalue weighted by Gasteiger charge is -2.25. The fraction of sp³-hybridized carbons (Fsp3) is 0.286. The fourth-order valence-corrected chi connectivity index (χ4v) is 5.96. The third kappa shape index (κ3) is 5.60. The zero-order chi connectivity index (χ0) is 25.9. The first-order valence-corrected chi connectivity index (χ1v) is 13.5. The van der Waals surface area contributed by atoms with Gasteiger partial charge in [0.1, 0.15) is 5.75 Å². The number of methoxy groups -OCH3 is 1. The summed E-state index contributed by atoms with van der Waals surface area (Å²) in [5, 5.41) is 3.41. The molecule has 0 saturated heterocycles. The third-order valence-corrected chi connectivity index (χ3v) is 8.21. The molecule has 0 aliphatic heterocycles. The molecule has 0 bridgehead atoms. The average Bonchev–Trinajstić information content (AvgIpc) is 3.68. The van der Waals surface area contributed by atoms with Gasteiger partial charge in [-0.05, 0) is 74.2 Å². The molecule has 1 amide bonds. The van der Waals surface area contributed by atoms with Crippen molar-refractivity contribution in [1.29, 1.82) is 0 Å². The van der Waals surface area contributed by atoms with E-state index in [4.69, 9.17) is 4.74 Å². The molecule has 0 radical (unpaired) electrons. The van der Waals surface area contributed by atoms with Crippen molar-refractivity contribution in [2.24, 2.45) is 5.92 Å². The maximum atomic E-state index is 12.7. The molecule has 1 N–H and O–H groups in total. The maximum Gasteiger partial charge on any atom is 0.228 e. The van der Waals surface area contributed by atoms with Crippen LogP contribution in [-0.2, 0) is 14.6 Å². The molecule has 4 rings (SSSR count). The van der Waals surface area contributed by atoms with Gasteiger partial charge in [0.2, 0.25) is 5.91 Å². The number of aldehydes is 1. The van der Waals surface area contributed by atoms with E-state index in [2.05, 4.69) is 5.32 Å². The van der Waals surface area contributed by atoms with Crippen LogP contribution in [0, 0.1) is 5.92 Å². The van der Waals surface area contributed by atoms with Crippen LogP contribution in [0.15, 0.2) is 71.6 Å². The Morgan fingerprint density at radius 1 is 1.11 bits per heavy atom. The minimum atomic E-state index is -3.37. The van der Waals surface area contributed by atoms with Crippen molar-refractivity contribution >= 4 is 39.1 Å². The number of para-hydroxylation sites is 1. The lowest BCUT2D eigenvalue weighted by atomic mass is 10.1. The molecule has 1 aliphatic rings. The Labute approximate surface area is 212 Å². The number of carbonyl (C=O) groups is 2. The normalized spacial score (nSPS) is 14.1. The quantitative estimate of drug-likeness (QED) is 0.363. The summed E-state index contributed by atoms with van der Waals surface area (Å²) in [5.41, 5.74) is 2.90. The second-order valence-corrected chi connectivity index (χ2v) is 11.1. The maximum absolute atomic E-state index is 12.7. The Bertz CT molecular complexity index is 1360. The highest BCUT2D eigenvalue weighted by Gasteiger charge is 2.29. The Balaban J connectivity index is 1.65. The molecule has 8 heteroatoms. The van der Waals surface area contributed by atoms with Crippen LogP contribution in [0.1, 0.15) is 48.7 Å². The van der Waals surface area contributed by atoms with Gasteiger partial charge in [0.05, 0.1) is 29.5 Å². The molecule has 0 spiro atoms. The summed E-state index contributed by atoms with van der Waals surface area (Å²) in [6.45, 7) is 3.40. The van der Waals surface area contributed by atoms with Crippen LogP contribution in [0.5, 0.6) is 5.75 Å². The molecule has 1 atom stereocenters. The summed E-state index contributed by atoms with van der Waals surface area (Å²) < 4.78 is 30.7. The smallest absolute Gasteiger partial charge is 0.228 e. The first-order valence-electron chi connectivity index (χ1n) is 11.9. The van der Waals surface area contributed by atoms with E-state index in [0.717, 1.165) is 24.2 Å². The SMILES string of the molecule is COc1ccccc1[C@H](C)Nc1ccc(C=O)c(N(C(C)=O)c2ccc(S(=O)(=O)CC3CC3)cc2)c1. The average molecular weight is 507 g/mol. The van der Waals surface area contributed by atoms with Crippen LogP contribution in [0.3, 0.4) is 0 Å². The van der Waals surface area contributed by atoms with Gasteiger partial charge in [0, 0.05) is 29.4 Å². The molecule has 1 fully saturated rings. The molecule has 3 aromatic rings. The van der Waals surface area contributed by atoms with Crippen LogP contribution in [-0.4, -0.2) is 33.5 Å². The van der Waals surface area contributed by atoms with Gasteiger partial charge in [-0.2, -0.15) is 0 Å². The molecular formula is C28H30N2O5S. The summed E-state index contributed by atoms with van der Waals surface area (Å²) >= 11 is 0. The number of ether oxygens (including phenoxy) is 1. The predicted octanol–water partition coefficient (Wildman–Crippen LogP) is 5.55. The highest BCUT2D eigenvalue weighted by molar-refractivity contribution is 7.91. The number of rotatable bonds is 10. The van der Waals surface area contributed by atoms with Crippen LogP contribution in [0.25, 0.3) is 0 Å². The van der Waals surface area contributed by atoms with Gasteiger partial charge in [-0.1, -0.05) is 18.2 Å². The second-order valence-electron chi connectivity index (χ2n) is 9.07. The van der Waals surface area contributed by atoms with Crippen LogP contribution in [0.2, 0.25) is 0 Å². The molecule has 1 saturated carbocycles. The zero-order valence-corrected chi connectivity index (χ0v) is 21.4. The number of amides is 1. The number of benzene rings is 3. The van der Waals surface area contributed by atoms with E-state index >= 15 is 0 Å². The van der Waals surface area contributed by atoms with Crippen molar-refractivity contribution in [3.8, 4) is 5.75 Å². The fourth-order valence-electron chi connectivity index (χ4n) is 4.26. The molecule has 188 valence electrons. The molecule has 7 nitrogen and oxygen atoms in total. The second kappa shape index (κ2) is 10.5. The summed E-state index contributed by atoms with van der Waals surface area (Å²) in [6.07, 6.45) is 2.60. The zero-order valence-electron chi connectivity index (χ0n) is 20.6. The van der Waals surface area contributed by atoms with Gasteiger partial charge in [-0.3, -0.25) is 14.5 Å². The lowest BCUT2D eigenvalue weighted by Crippen LogP contribution is -2.24. The van der Waals surface area contributed by atoms with E-state index < -0.39 is 9.84 Å². The highest BCUT2D eigenvalue weighted by atomic mass is 32.2. The number of nitrogens with zero attached hydrogens (tertiary/aromatic N) is 1. The molecular weight excluding hydrogens is 476 g/mol. The van der Waals surface area contributed by atoms with Crippen molar-refractivity contribution in [3.05, 3.63) is 77.9 Å². The van der Waals surface area contributed by atoms with E-state index in [-0.39, 0.29) is 28.5 Å². The Morgan fingerprint density at radius 2 is 1.81 bits per heavy atom. The number of carbonyl (C=O) groups excluding carboxylic acids is 2. The van der Waals surface area contributed by atoms with Gasteiger partial charge >= 0.3 is 0 Å². The van der Waals surface area contributed by atoms with Gasteiger partial charge in [-0.15, -0.1) is 0 Å². The summed E-state index contributed by atoms with van der Waals surface area (Å²) in [5.74, 6) is 0.842.